The highest BCUT2D eigenvalue weighted by molar-refractivity contribution is 7.15. The zero-order valence-electron chi connectivity index (χ0n) is 9.95. The molecule has 0 bridgehead atoms. The lowest BCUT2D eigenvalue weighted by molar-refractivity contribution is 0.491. The van der Waals surface area contributed by atoms with E-state index in [0.717, 1.165) is 11.7 Å². The van der Waals surface area contributed by atoms with Crippen molar-refractivity contribution in [3.05, 3.63) is 28.6 Å². The number of aryl methyl sites for hydroxylation is 2. The Morgan fingerprint density at radius 2 is 2.29 bits per heavy atom. The molecule has 0 saturated carbocycles. The van der Waals surface area contributed by atoms with Crippen LogP contribution in [0.3, 0.4) is 0 Å². The highest BCUT2D eigenvalue weighted by atomic mass is 32.1. The molecule has 0 radical (unpaired) electrons. The van der Waals surface area contributed by atoms with Crippen molar-refractivity contribution in [3.63, 3.8) is 0 Å². The Kier molecular flexibility index (Phi) is 2.99. The van der Waals surface area contributed by atoms with Crippen LogP contribution in [0.25, 0.3) is 10.6 Å². The van der Waals surface area contributed by atoms with Gasteiger partial charge in [0.1, 0.15) is 0 Å². The van der Waals surface area contributed by atoms with Crippen LogP contribution in [-0.2, 0) is 19.4 Å². The third-order valence-corrected chi connectivity index (χ3v) is 4.37. The van der Waals surface area contributed by atoms with E-state index in [4.69, 9.17) is 4.42 Å². The first-order chi connectivity index (χ1) is 8.36. The minimum absolute atomic E-state index is 0.686. The van der Waals surface area contributed by atoms with Crippen molar-refractivity contribution in [1.29, 1.82) is 0 Å². The van der Waals surface area contributed by atoms with Gasteiger partial charge in [0.05, 0.1) is 17.6 Å². The van der Waals surface area contributed by atoms with Crippen molar-refractivity contribution in [1.82, 2.24) is 10.3 Å². The number of thiophene rings is 1. The van der Waals surface area contributed by atoms with Crippen molar-refractivity contribution in [2.24, 2.45) is 0 Å². The van der Waals surface area contributed by atoms with Gasteiger partial charge in [0, 0.05) is 4.88 Å². The molecule has 2 heterocycles. The third kappa shape index (κ3) is 2.15. The highest BCUT2D eigenvalue weighted by Gasteiger charge is 2.16. The van der Waals surface area contributed by atoms with Gasteiger partial charge in [0.25, 0.3) is 0 Å². The minimum atomic E-state index is 0.686. The third-order valence-electron chi connectivity index (χ3n) is 3.12. The van der Waals surface area contributed by atoms with Gasteiger partial charge >= 0.3 is 0 Å². The molecule has 0 atom stereocenters. The quantitative estimate of drug-likeness (QED) is 0.907. The molecule has 2 aromatic rings. The molecule has 1 aliphatic carbocycles. The number of rotatable bonds is 3. The predicted octanol–water partition coefficient (Wildman–Crippen LogP) is 3.00. The molecule has 90 valence electrons. The number of hydrogen-bond donors (Lipinski definition) is 1. The van der Waals surface area contributed by atoms with Crippen LogP contribution in [-0.4, -0.2) is 12.0 Å². The minimum Gasteiger partial charge on any atom is -0.438 e. The van der Waals surface area contributed by atoms with Gasteiger partial charge in [-0.2, -0.15) is 0 Å². The Labute approximate surface area is 105 Å². The van der Waals surface area contributed by atoms with E-state index in [1.807, 2.05) is 24.6 Å². The Morgan fingerprint density at radius 1 is 1.41 bits per heavy atom. The van der Waals surface area contributed by atoms with Crippen molar-refractivity contribution in [2.75, 3.05) is 7.05 Å². The lowest BCUT2D eigenvalue weighted by Crippen LogP contribution is -2.04. The molecule has 17 heavy (non-hydrogen) atoms. The first kappa shape index (κ1) is 11.0. The second kappa shape index (κ2) is 4.63. The molecule has 0 spiro atoms. The normalized spacial score (nSPS) is 14.9. The lowest BCUT2D eigenvalue weighted by atomic mass is 9.99. The summed E-state index contributed by atoms with van der Waals surface area (Å²) in [6.45, 7) is 0.686. The molecule has 0 amide bonds. The maximum Gasteiger partial charge on any atom is 0.208 e. The van der Waals surface area contributed by atoms with E-state index in [0.29, 0.717) is 6.54 Å². The van der Waals surface area contributed by atoms with Gasteiger partial charge < -0.3 is 9.73 Å². The van der Waals surface area contributed by atoms with E-state index in [1.165, 1.54) is 41.0 Å². The largest absolute Gasteiger partial charge is 0.438 e. The average Bonchev–Trinajstić information content (AvgIpc) is 2.94. The molecule has 3 nitrogen and oxygen atoms in total. The smallest absolute Gasteiger partial charge is 0.208 e. The van der Waals surface area contributed by atoms with Crippen LogP contribution in [0.1, 0.15) is 29.2 Å². The van der Waals surface area contributed by atoms with E-state index in [1.54, 1.807) is 0 Å². The van der Waals surface area contributed by atoms with Gasteiger partial charge in [-0.3, -0.25) is 0 Å². The van der Waals surface area contributed by atoms with E-state index in [9.17, 15) is 0 Å². The summed E-state index contributed by atoms with van der Waals surface area (Å²) < 4.78 is 5.72. The molecule has 2 aromatic heterocycles. The number of aromatic nitrogens is 1. The van der Waals surface area contributed by atoms with Gasteiger partial charge in [-0.15, -0.1) is 11.3 Å². The summed E-state index contributed by atoms with van der Waals surface area (Å²) in [4.78, 5) is 7.03. The first-order valence-electron chi connectivity index (χ1n) is 6.08. The first-order valence-corrected chi connectivity index (χ1v) is 6.90. The van der Waals surface area contributed by atoms with Crippen LogP contribution < -0.4 is 5.32 Å². The Bertz CT molecular complexity index is 492. The van der Waals surface area contributed by atoms with E-state index in [-0.39, 0.29) is 0 Å². The van der Waals surface area contributed by atoms with E-state index < -0.39 is 0 Å². The van der Waals surface area contributed by atoms with Gasteiger partial charge in [-0.25, -0.2) is 4.98 Å². The monoisotopic (exact) mass is 248 g/mol. The summed E-state index contributed by atoms with van der Waals surface area (Å²) in [7, 11) is 1.90. The zero-order valence-corrected chi connectivity index (χ0v) is 10.8. The Hall–Kier alpha value is -1.13. The van der Waals surface area contributed by atoms with Crippen LogP contribution in [0, 0.1) is 0 Å². The average molecular weight is 248 g/mol. The number of hydrogen-bond acceptors (Lipinski definition) is 4. The zero-order chi connectivity index (χ0) is 11.7. The predicted molar refractivity (Wildman–Crippen MR) is 69.2 cm³/mol. The standard InChI is InChI=1S/C13H16N2OS/c1-14-8-13-15-7-10(16-13)12-6-9-4-2-3-5-11(9)17-12/h6-7,14H,2-5,8H2,1H3. The summed E-state index contributed by atoms with van der Waals surface area (Å²) in [5.41, 5.74) is 1.52. The topological polar surface area (TPSA) is 38.1 Å². The molecular weight excluding hydrogens is 232 g/mol. The molecule has 1 aliphatic rings. The van der Waals surface area contributed by atoms with E-state index >= 15 is 0 Å². The number of nitrogens with zero attached hydrogens (tertiary/aromatic N) is 1. The van der Waals surface area contributed by atoms with Gasteiger partial charge in [0.15, 0.2) is 5.76 Å². The van der Waals surface area contributed by atoms with Crippen LogP contribution in [0.5, 0.6) is 0 Å². The van der Waals surface area contributed by atoms with Crippen LogP contribution in [0.15, 0.2) is 16.7 Å². The molecule has 0 aliphatic heterocycles. The van der Waals surface area contributed by atoms with Gasteiger partial charge in [-0.05, 0) is 44.4 Å². The van der Waals surface area contributed by atoms with Crippen molar-refractivity contribution in [2.45, 2.75) is 32.2 Å². The molecular formula is C13H16N2OS. The van der Waals surface area contributed by atoms with Crippen LogP contribution in [0.4, 0.5) is 0 Å². The summed E-state index contributed by atoms with van der Waals surface area (Å²) in [6.07, 6.45) is 6.95. The molecule has 3 rings (SSSR count). The lowest BCUT2D eigenvalue weighted by Gasteiger charge is -2.08. The van der Waals surface area contributed by atoms with Crippen molar-refractivity contribution in [3.8, 4) is 10.6 Å². The summed E-state index contributed by atoms with van der Waals surface area (Å²) >= 11 is 1.87. The van der Waals surface area contributed by atoms with Crippen LogP contribution >= 0.6 is 11.3 Å². The van der Waals surface area contributed by atoms with Crippen LogP contribution in [0.2, 0.25) is 0 Å². The second-order valence-corrected chi connectivity index (χ2v) is 5.55. The maximum absolute atomic E-state index is 5.72. The summed E-state index contributed by atoms with van der Waals surface area (Å²) in [5.74, 6) is 1.67. The number of oxazole rings is 1. The Morgan fingerprint density at radius 3 is 3.12 bits per heavy atom. The molecule has 0 unspecified atom stereocenters. The Balaban J connectivity index is 1.89. The fourth-order valence-electron chi connectivity index (χ4n) is 2.27. The fraction of sp³-hybridized carbons (Fsp3) is 0.462. The molecule has 4 heteroatoms. The highest BCUT2D eigenvalue weighted by Crippen LogP contribution is 2.35. The molecule has 0 fully saturated rings. The number of fused-ring (bicyclic) bond motifs is 1. The van der Waals surface area contributed by atoms with Gasteiger partial charge in [-0.1, -0.05) is 0 Å². The molecule has 0 aromatic carbocycles. The fourth-order valence-corrected chi connectivity index (χ4v) is 3.47. The van der Waals surface area contributed by atoms with Crippen molar-refractivity contribution < 1.29 is 4.42 Å². The molecule has 0 saturated heterocycles. The maximum atomic E-state index is 5.72. The summed E-state index contributed by atoms with van der Waals surface area (Å²) in [6, 6.07) is 2.28. The number of nitrogens with one attached hydrogen (secondary N) is 1. The summed E-state index contributed by atoms with van der Waals surface area (Å²) in [5, 5.41) is 3.04. The van der Waals surface area contributed by atoms with Crippen molar-refractivity contribution >= 4 is 11.3 Å². The SMILES string of the molecule is CNCc1ncc(-c2cc3c(s2)CCCC3)o1. The second-order valence-electron chi connectivity index (χ2n) is 4.41. The molecule has 1 N–H and O–H groups in total. The van der Waals surface area contributed by atoms with E-state index in [2.05, 4.69) is 16.4 Å². The van der Waals surface area contributed by atoms with Gasteiger partial charge in [0.2, 0.25) is 5.89 Å².